The second-order valence-electron chi connectivity index (χ2n) is 5.88. The van der Waals surface area contributed by atoms with Crippen LogP contribution in [0.15, 0.2) is 29.2 Å². The number of aliphatic hydroxyl groups is 1. The lowest BCUT2D eigenvalue weighted by Crippen LogP contribution is -2.43. The molecule has 0 spiro atoms. The molecule has 0 aromatic heterocycles. The van der Waals surface area contributed by atoms with Gasteiger partial charge in [0.25, 0.3) is 5.91 Å². The Labute approximate surface area is 143 Å². The fourth-order valence-electron chi connectivity index (χ4n) is 3.05. The summed E-state index contributed by atoms with van der Waals surface area (Å²) in [6.07, 6.45) is 5.42. The van der Waals surface area contributed by atoms with Crippen molar-refractivity contribution in [2.45, 2.75) is 43.0 Å². The fourth-order valence-corrected chi connectivity index (χ4v) is 3.71. The van der Waals surface area contributed by atoms with Crippen molar-refractivity contribution in [3.05, 3.63) is 29.8 Å². The molecule has 4 nitrogen and oxygen atoms in total. The molecular weight excluding hydrogens is 310 g/mol. The summed E-state index contributed by atoms with van der Waals surface area (Å²) in [5.74, 6) is 0.826. The van der Waals surface area contributed by atoms with E-state index in [4.69, 9.17) is 9.84 Å². The summed E-state index contributed by atoms with van der Waals surface area (Å²) >= 11 is 1.60. The molecule has 2 rings (SSSR count). The third kappa shape index (κ3) is 5.52. The number of ether oxygens (including phenoxy) is 1. The van der Waals surface area contributed by atoms with Crippen LogP contribution in [-0.2, 0) is 4.74 Å². The van der Waals surface area contributed by atoms with Crippen LogP contribution in [0, 0.1) is 0 Å². The number of nitrogens with zero attached hydrogens (tertiary/aromatic N) is 1. The SMILES string of the molecule is COCCC[C@H]1CCCCN1C(=O)c1ccc(SCCO)cc1. The van der Waals surface area contributed by atoms with Crippen LogP contribution < -0.4 is 0 Å². The Hall–Kier alpha value is -1.04. The molecule has 1 aromatic carbocycles. The first-order valence-corrected chi connectivity index (χ1v) is 9.38. The highest BCUT2D eigenvalue weighted by atomic mass is 32.2. The highest BCUT2D eigenvalue weighted by Crippen LogP contribution is 2.24. The summed E-state index contributed by atoms with van der Waals surface area (Å²) in [7, 11) is 1.72. The molecule has 0 radical (unpaired) electrons. The Morgan fingerprint density at radius 3 is 2.83 bits per heavy atom. The summed E-state index contributed by atoms with van der Waals surface area (Å²) in [6, 6.07) is 8.09. The Kier molecular flexibility index (Phi) is 7.92. The lowest BCUT2D eigenvalue weighted by atomic mass is 9.97. The van der Waals surface area contributed by atoms with Crippen LogP contribution in [0.2, 0.25) is 0 Å². The van der Waals surface area contributed by atoms with E-state index in [0.29, 0.717) is 11.8 Å². The molecule has 0 unspecified atom stereocenters. The normalized spacial score (nSPS) is 18.2. The fraction of sp³-hybridized carbons (Fsp3) is 0.611. The van der Waals surface area contributed by atoms with Gasteiger partial charge in [-0.05, 0) is 56.4 Å². The standard InChI is InChI=1S/C18H27NO3S/c1-22-13-4-6-16-5-2-3-11-19(16)18(21)15-7-9-17(10-8-15)23-14-12-20/h7-10,16,20H,2-6,11-14H2,1H3/t16-/m1/s1. The van der Waals surface area contributed by atoms with Gasteiger partial charge in [-0.3, -0.25) is 4.79 Å². The molecule has 5 heteroatoms. The summed E-state index contributed by atoms with van der Waals surface area (Å²) in [5.41, 5.74) is 0.761. The topological polar surface area (TPSA) is 49.8 Å². The van der Waals surface area contributed by atoms with Crippen molar-refractivity contribution in [1.29, 1.82) is 0 Å². The number of rotatable bonds is 8. The zero-order chi connectivity index (χ0) is 16.5. The highest BCUT2D eigenvalue weighted by Gasteiger charge is 2.26. The number of benzene rings is 1. The van der Waals surface area contributed by atoms with Crippen LogP contribution >= 0.6 is 11.8 Å². The van der Waals surface area contributed by atoms with Gasteiger partial charge in [0.1, 0.15) is 0 Å². The highest BCUT2D eigenvalue weighted by molar-refractivity contribution is 7.99. The predicted octanol–water partition coefficient (Wildman–Crippen LogP) is 3.19. The van der Waals surface area contributed by atoms with E-state index in [1.807, 2.05) is 24.3 Å². The monoisotopic (exact) mass is 337 g/mol. The summed E-state index contributed by atoms with van der Waals surface area (Å²) in [4.78, 5) is 16.0. The molecule has 128 valence electrons. The largest absolute Gasteiger partial charge is 0.396 e. The molecule has 0 aliphatic carbocycles. The van der Waals surface area contributed by atoms with Crippen molar-refractivity contribution in [3.8, 4) is 0 Å². The first-order chi connectivity index (χ1) is 11.3. The Morgan fingerprint density at radius 2 is 2.13 bits per heavy atom. The Bertz CT molecular complexity index is 478. The third-order valence-corrected chi connectivity index (χ3v) is 5.23. The Balaban J connectivity index is 1.98. The minimum atomic E-state index is 0.144. The van der Waals surface area contributed by atoms with Crippen LogP contribution in [0.3, 0.4) is 0 Å². The lowest BCUT2D eigenvalue weighted by molar-refractivity contribution is 0.0585. The van der Waals surface area contributed by atoms with Crippen LogP contribution in [0.1, 0.15) is 42.5 Å². The van der Waals surface area contributed by atoms with Crippen molar-refractivity contribution >= 4 is 17.7 Å². The van der Waals surface area contributed by atoms with Gasteiger partial charge in [0.15, 0.2) is 0 Å². The van der Waals surface area contributed by atoms with Gasteiger partial charge in [0, 0.05) is 42.5 Å². The van der Waals surface area contributed by atoms with Crippen LogP contribution in [0.25, 0.3) is 0 Å². The molecule has 1 aliphatic heterocycles. The second-order valence-corrected chi connectivity index (χ2v) is 7.05. The van der Waals surface area contributed by atoms with Crippen LogP contribution in [0.5, 0.6) is 0 Å². The first kappa shape index (κ1) is 18.3. The first-order valence-electron chi connectivity index (χ1n) is 8.40. The maximum absolute atomic E-state index is 12.8. The molecule has 0 saturated carbocycles. The summed E-state index contributed by atoms with van der Waals surface area (Å²) < 4.78 is 5.14. The van der Waals surface area contributed by atoms with E-state index in [-0.39, 0.29) is 12.5 Å². The van der Waals surface area contributed by atoms with Gasteiger partial charge in [0.2, 0.25) is 0 Å². The quantitative estimate of drug-likeness (QED) is 0.585. The van der Waals surface area contributed by atoms with E-state index in [1.54, 1.807) is 18.9 Å². The third-order valence-electron chi connectivity index (χ3n) is 4.24. The van der Waals surface area contributed by atoms with Crippen molar-refractivity contribution in [2.75, 3.05) is 32.6 Å². The van der Waals surface area contributed by atoms with Gasteiger partial charge in [-0.25, -0.2) is 0 Å². The number of likely N-dealkylation sites (tertiary alicyclic amines) is 1. The minimum Gasteiger partial charge on any atom is -0.396 e. The van der Waals surface area contributed by atoms with Gasteiger partial charge in [0.05, 0.1) is 6.61 Å². The van der Waals surface area contributed by atoms with Crippen molar-refractivity contribution in [3.63, 3.8) is 0 Å². The molecule has 1 atom stereocenters. The number of carbonyl (C=O) groups excluding carboxylic acids is 1. The van der Waals surface area contributed by atoms with Crippen LogP contribution in [-0.4, -0.2) is 54.6 Å². The molecule has 0 bridgehead atoms. The maximum Gasteiger partial charge on any atom is 0.254 e. The van der Waals surface area contributed by atoms with Crippen molar-refractivity contribution in [2.24, 2.45) is 0 Å². The molecule has 1 saturated heterocycles. The number of amides is 1. The number of aliphatic hydroxyl groups excluding tert-OH is 1. The van der Waals surface area contributed by atoms with Crippen LogP contribution in [0.4, 0.5) is 0 Å². The number of piperidine rings is 1. The average molecular weight is 337 g/mol. The molecule has 1 aliphatic rings. The summed E-state index contributed by atoms with van der Waals surface area (Å²) in [6.45, 7) is 1.79. The number of carbonyl (C=O) groups is 1. The molecule has 1 amide bonds. The van der Waals surface area contributed by atoms with Gasteiger partial charge in [-0.15, -0.1) is 11.8 Å². The van der Waals surface area contributed by atoms with Gasteiger partial charge < -0.3 is 14.7 Å². The Morgan fingerprint density at radius 1 is 1.35 bits per heavy atom. The molecule has 1 heterocycles. The zero-order valence-corrected chi connectivity index (χ0v) is 14.7. The van der Waals surface area contributed by atoms with E-state index in [2.05, 4.69) is 4.90 Å². The number of thioether (sulfide) groups is 1. The molecule has 1 aromatic rings. The number of methoxy groups -OCH3 is 1. The van der Waals surface area contributed by atoms with Crippen molar-refractivity contribution < 1.29 is 14.6 Å². The molecule has 23 heavy (non-hydrogen) atoms. The second kappa shape index (κ2) is 9.96. The van der Waals surface area contributed by atoms with Gasteiger partial charge >= 0.3 is 0 Å². The van der Waals surface area contributed by atoms with E-state index in [9.17, 15) is 4.79 Å². The van der Waals surface area contributed by atoms with E-state index < -0.39 is 0 Å². The average Bonchev–Trinajstić information content (AvgIpc) is 2.60. The van der Waals surface area contributed by atoms with E-state index in [0.717, 1.165) is 49.3 Å². The molecule has 1 N–H and O–H groups in total. The van der Waals surface area contributed by atoms with Gasteiger partial charge in [-0.2, -0.15) is 0 Å². The summed E-state index contributed by atoms with van der Waals surface area (Å²) in [5, 5.41) is 8.87. The predicted molar refractivity (Wildman–Crippen MR) is 94.0 cm³/mol. The maximum atomic E-state index is 12.8. The minimum absolute atomic E-state index is 0.144. The van der Waals surface area contributed by atoms with Gasteiger partial charge in [-0.1, -0.05) is 0 Å². The molecular formula is C18H27NO3S. The molecule has 1 fully saturated rings. The van der Waals surface area contributed by atoms with E-state index >= 15 is 0 Å². The number of hydrogen-bond acceptors (Lipinski definition) is 4. The lowest BCUT2D eigenvalue weighted by Gasteiger charge is -2.36. The zero-order valence-electron chi connectivity index (χ0n) is 13.9. The number of hydrogen-bond donors (Lipinski definition) is 1. The smallest absolute Gasteiger partial charge is 0.254 e. The van der Waals surface area contributed by atoms with E-state index in [1.165, 1.54) is 6.42 Å². The van der Waals surface area contributed by atoms with Crippen molar-refractivity contribution in [1.82, 2.24) is 4.90 Å².